The molecule has 0 bridgehead atoms. The van der Waals surface area contributed by atoms with Crippen LogP contribution in [0.25, 0.3) is 0 Å². The molecule has 3 heteroatoms. The van der Waals surface area contributed by atoms with Crippen LogP contribution in [0.15, 0.2) is 0 Å². The minimum Gasteiger partial charge on any atom is -0.393 e. The maximum absolute atomic E-state index is 5.49. The van der Waals surface area contributed by atoms with Crippen molar-refractivity contribution in [3.63, 3.8) is 0 Å². The predicted octanol–water partition coefficient (Wildman–Crippen LogP) is 1.78. The molecule has 1 atom stereocenters. The molecule has 2 nitrogen and oxygen atoms in total. The highest BCUT2D eigenvalue weighted by Crippen LogP contribution is 2.04. The molecule has 2 N–H and O–H groups in total. The van der Waals surface area contributed by atoms with E-state index in [4.69, 9.17) is 18.0 Å². The van der Waals surface area contributed by atoms with Gasteiger partial charge < -0.3 is 10.6 Å². The Morgan fingerprint density at radius 1 is 1.50 bits per heavy atom. The quantitative estimate of drug-likeness (QED) is 0.644. The largest absolute Gasteiger partial charge is 0.393 e. The molecule has 0 aromatic heterocycles. The summed E-state index contributed by atoms with van der Waals surface area (Å²) >= 11 is 4.87. The van der Waals surface area contributed by atoms with Gasteiger partial charge in [0.15, 0.2) is 0 Å². The van der Waals surface area contributed by atoms with Crippen molar-refractivity contribution in [1.82, 2.24) is 4.90 Å². The van der Waals surface area contributed by atoms with E-state index in [1.54, 1.807) is 0 Å². The Balaban J connectivity index is 3.84. The van der Waals surface area contributed by atoms with Crippen LogP contribution < -0.4 is 5.73 Å². The highest BCUT2D eigenvalue weighted by atomic mass is 32.1. The Hall–Kier alpha value is -0.150. The van der Waals surface area contributed by atoms with Crippen molar-refractivity contribution in [3.8, 4) is 0 Å². The minimum atomic E-state index is 0.493. The molecule has 12 heavy (non-hydrogen) atoms. The van der Waals surface area contributed by atoms with Crippen LogP contribution in [-0.2, 0) is 0 Å². The average Bonchev–Trinajstić information content (AvgIpc) is 1.98. The fourth-order valence-electron chi connectivity index (χ4n) is 1.40. The van der Waals surface area contributed by atoms with E-state index in [0.717, 1.165) is 19.5 Å². The summed E-state index contributed by atoms with van der Waals surface area (Å²) in [5.41, 5.74) is 5.49. The molecule has 0 fully saturated rings. The molecule has 0 saturated heterocycles. The molecular formula is C9H20N2S. The van der Waals surface area contributed by atoms with Gasteiger partial charge in [0, 0.05) is 12.5 Å². The zero-order valence-electron chi connectivity index (χ0n) is 8.34. The molecule has 0 aliphatic heterocycles. The maximum Gasteiger partial charge on any atom is 0.0742 e. The fraction of sp³-hybridized carbons (Fsp3) is 0.889. The maximum atomic E-state index is 5.49. The number of hydrogen-bond acceptors (Lipinski definition) is 2. The summed E-state index contributed by atoms with van der Waals surface area (Å²) in [5.74, 6) is 0. The van der Waals surface area contributed by atoms with Gasteiger partial charge in [0.05, 0.1) is 4.99 Å². The summed E-state index contributed by atoms with van der Waals surface area (Å²) in [6.07, 6.45) is 2.03. The molecule has 0 rings (SSSR count). The second-order valence-electron chi connectivity index (χ2n) is 3.15. The van der Waals surface area contributed by atoms with Gasteiger partial charge in [-0.05, 0) is 26.4 Å². The second kappa shape index (κ2) is 6.38. The van der Waals surface area contributed by atoms with Crippen molar-refractivity contribution in [1.29, 1.82) is 0 Å². The molecule has 0 aromatic carbocycles. The number of thiocarbonyl (C=S) groups is 1. The van der Waals surface area contributed by atoms with Crippen LogP contribution in [0.3, 0.4) is 0 Å². The molecule has 0 heterocycles. The molecule has 0 amide bonds. The monoisotopic (exact) mass is 188 g/mol. The van der Waals surface area contributed by atoms with Crippen LogP contribution in [-0.4, -0.2) is 29.0 Å². The Bertz CT molecular complexity index is 136. The topological polar surface area (TPSA) is 29.3 Å². The van der Waals surface area contributed by atoms with Gasteiger partial charge in [-0.3, -0.25) is 0 Å². The van der Waals surface area contributed by atoms with Crippen molar-refractivity contribution >= 4 is 17.2 Å². The molecule has 1 unspecified atom stereocenters. The SMILES string of the molecule is CCCN(CC)C(C)CC(N)=S. The van der Waals surface area contributed by atoms with E-state index < -0.39 is 0 Å². The number of hydrogen-bond donors (Lipinski definition) is 1. The molecule has 0 spiro atoms. The van der Waals surface area contributed by atoms with Crippen molar-refractivity contribution in [2.45, 2.75) is 39.7 Å². The van der Waals surface area contributed by atoms with Crippen molar-refractivity contribution in [3.05, 3.63) is 0 Å². The third-order valence-electron chi connectivity index (χ3n) is 2.04. The van der Waals surface area contributed by atoms with Crippen LogP contribution in [0.2, 0.25) is 0 Å². The van der Waals surface area contributed by atoms with Crippen LogP contribution in [0, 0.1) is 0 Å². The van der Waals surface area contributed by atoms with Crippen LogP contribution in [0.1, 0.15) is 33.6 Å². The molecule has 0 radical (unpaired) electrons. The molecular weight excluding hydrogens is 168 g/mol. The summed E-state index contributed by atoms with van der Waals surface area (Å²) in [5, 5.41) is 0. The van der Waals surface area contributed by atoms with Gasteiger partial charge in [-0.2, -0.15) is 0 Å². The molecule has 0 aromatic rings. The normalized spacial score (nSPS) is 13.3. The molecule has 0 aliphatic carbocycles. The lowest BCUT2D eigenvalue weighted by molar-refractivity contribution is 0.225. The average molecular weight is 188 g/mol. The van der Waals surface area contributed by atoms with E-state index in [0.29, 0.717) is 11.0 Å². The van der Waals surface area contributed by atoms with Gasteiger partial charge >= 0.3 is 0 Å². The first-order chi connectivity index (χ1) is 5.61. The first kappa shape index (κ1) is 11.8. The van der Waals surface area contributed by atoms with E-state index in [2.05, 4.69) is 25.7 Å². The number of nitrogens with two attached hydrogens (primary N) is 1. The minimum absolute atomic E-state index is 0.493. The summed E-state index contributed by atoms with van der Waals surface area (Å²) in [6.45, 7) is 8.76. The highest BCUT2D eigenvalue weighted by molar-refractivity contribution is 7.80. The zero-order valence-corrected chi connectivity index (χ0v) is 9.16. The first-order valence-electron chi connectivity index (χ1n) is 4.64. The van der Waals surface area contributed by atoms with E-state index in [-0.39, 0.29) is 0 Å². The van der Waals surface area contributed by atoms with Gasteiger partial charge in [0.1, 0.15) is 0 Å². The standard InChI is InChI=1S/C9H20N2S/c1-4-6-11(5-2)8(3)7-9(10)12/h8H,4-7H2,1-3H3,(H2,10,12). The Kier molecular flexibility index (Phi) is 6.30. The zero-order chi connectivity index (χ0) is 9.56. The molecule has 0 saturated carbocycles. The second-order valence-corrected chi connectivity index (χ2v) is 3.67. The predicted molar refractivity (Wildman–Crippen MR) is 58.4 cm³/mol. The lowest BCUT2D eigenvalue weighted by Gasteiger charge is -2.26. The van der Waals surface area contributed by atoms with Crippen LogP contribution in [0.4, 0.5) is 0 Å². The number of rotatable bonds is 6. The van der Waals surface area contributed by atoms with Gasteiger partial charge in [-0.15, -0.1) is 0 Å². The number of nitrogens with zero attached hydrogens (tertiary/aromatic N) is 1. The van der Waals surface area contributed by atoms with Gasteiger partial charge in [-0.25, -0.2) is 0 Å². The van der Waals surface area contributed by atoms with Gasteiger partial charge in [0.25, 0.3) is 0 Å². The summed E-state index contributed by atoms with van der Waals surface area (Å²) in [7, 11) is 0. The first-order valence-corrected chi connectivity index (χ1v) is 5.05. The lowest BCUT2D eigenvalue weighted by Crippen LogP contribution is -2.36. The molecule has 72 valence electrons. The molecule has 0 aliphatic rings. The highest BCUT2D eigenvalue weighted by Gasteiger charge is 2.10. The lowest BCUT2D eigenvalue weighted by atomic mass is 10.2. The van der Waals surface area contributed by atoms with E-state index >= 15 is 0 Å². The van der Waals surface area contributed by atoms with Crippen molar-refractivity contribution in [2.75, 3.05) is 13.1 Å². The Labute approximate surface area is 81.1 Å². The van der Waals surface area contributed by atoms with E-state index in [9.17, 15) is 0 Å². The summed E-state index contributed by atoms with van der Waals surface area (Å²) in [4.78, 5) is 3.02. The fourth-order valence-corrected chi connectivity index (χ4v) is 1.64. The van der Waals surface area contributed by atoms with Crippen LogP contribution in [0.5, 0.6) is 0 Å². The van der Waals surface area contributed by atoms with Gasteiger partial charge in [-0.1, -0.05) is 26.1 Å². The Morgan fingerprint density at radius 2 is 2.08 bits per heavy atom. The van der Waals surface area contributed by atoms with Crippen LogP contribution >= 0.6 is 12.2 Å². The Morgan fingerprint density at radius 3 is 2.42 bits per heavy atom. The van der Waals surface area contributed by atoms with E-state index in [1.165, 1.54) is 6.42 Å². The van der Waals surface area contributed by atoms with Crippen molar-refractivity contribution in [2.24, 2.45) is 5.73 Å². The third kappa shape index (κ3) is 4.67. The van der Waals surface area contributed by atoms with E-state index in [1.807, 2.05) is 0 Å². The van der Waals surface area contributed by atoms with Crippen molar-refractivity contribution < 1.29 is 0 Å². The van der Waals surface area contributed by atoms with Gasteiger partial charge in [0.2, 0.25) is 0 Å². The third-order valence-corrected chi connectivity index (χ3v) is 2.20. The smallest absolute Gasteiger partial charge is 0.0742 e. The summed E-state index contributed by atoms with van der Waals surface area (Å²) in [6, 6.07) is 0.493. The summed E-state index contributed by atoms with van der Waals surface area (Å²) < 4.78 is 0.